The van der Waals surface area contributed by atoms with E-state index in [1.807, 2.05) is 0 Å². The summed E-state index contributed by atoms with van der Waals surface area (Å²) in [6, 6.07) is 3.44. The van der Waals surface area contributed by atoms with Gasteiger partial charge in [-0.1, -0.05) is 19.3 Å². The van der Waals surface area contributed by atoms with Crippen LogP contribution in [0.25, 0.3) is 0 Å². The Labute approximate surface area is 112 Å². The minimum Gasteiger partial charge on any atom is -0.392 e. The number of aliphatic hydroxyl groups is 1. The highest BCUT2D eigenvalue weighted by atomic mass is 32.2. The number of rotatable bonds is 6. The molecule has 1 aromatic rings. The first kappa shape index (κ1) is 14.4. The third-order valence-corrected chi connectivity index (χ3v) is 5.03. The van der Waals surface area contributed by atoms with E-state index in [2.05, 4.69) is 4.72 Å². The second-order valence-corrected chi connectivity index (χ2v) is 6.66. The maximum atomic E-state index is 13.2. The smallest absolute Gasteiger partial charge is 0.240 e. The van der Waals surface area contributed by atoms with Crippen LogP contribution in [-0.2, 0) is 16.6 Å². The number of sulfonamides is 1. The quantitative estimate of drug-likeness (QED) is 0.838. The molecule has 2 N–H and O–H groups in total. The van der Waals surface area contributed by atoms with Gasteiger partial charge in [0.2, 0.25) is 10.0 Å². The summed E-state index contributed by atoms with van der Waals surface area (Å²) < 4.78 is 39.7. The fourth-order valence-corrected chi connectivity index (χ4v) is 3.20. The van der Waals surface area contributed by atoms with E-state index in [4.69, 9.17) is 5.11 Å². The molecule has 1 saturated carbocycles. The van der Waals surface area contributed by atoms with Crippen LogP contribution < -0.4 is 4.72 Å². The summed E-state index contributed by atoms with van der Waals surface area (Å²) in [5, 5.41) is 8.94. The van der Waals surface area contributed by atoms with Crippen LogP contribution in [0.3, 0.4) is 0 Å². The molecule has 1 aromatic carbocycles. The van der Waals surface area contributed by atoms with E-state index in [-0.39, 0.29) is 10.5 Å². The van der Waals surface area contributed by atoms with Crippen LogP contribution in [0.2, 0.25) is 0 Å². The molecule has 0 saturated heterocycles. The van der Waals surface area contributed by atoms with Gasteiger partial charge >= 0.3 is 0 Å². The van der Waals surface area contributed by atoms with E-state index in [0.29, 0.717) is 12.5 Å². The predicted molar refractivity (Wildman–Crippen MR) is 69.5 cm³/mol. The zero-order valence-corrected chi connectivity index (χ0v) is 11.4. The molecule has 0 spiro atoms. The molecule has 19 heavy (non-hydrogen) atoms. The van der Waals surface area contributed by atoms with Gasteiger partial charge in [-0.05, 0) is 30.5 Å². The normalized spacial score (nSPS) is 16.3. The van der Waals surface area contributed by atoms with Crippen LogP contribution in [0.4, 0.5) is 4.39 Å². The lowest BCUT2D eigenvalue weighted by atomic mass is 9.83. The Kier molecular flexibility index (Phi) is 4.54. The van der Waals surface area contributed by atoms with E-state index >= 15 is 0 Å². The SMILES string of the molecule is O=S(=O)(NCCC1CCC1)c1ccc(F)c(CO)c1. The molecule has 1 aliphatic carbocycles. The maximum absolute atomic E-state index is 13.2. The number of hydrogen-bond acceptors (Lipinski definition) is 3. The van der Waals surface area contributed by atoms with Crippen LogP contribution >= 0.6 is 0 Å². The first-order valence-corrected chi connectivity index (χ1v) is 7.90. The molecule has 0 radical (unpaired) electrons. The average molecular weight is 287 g/mol. The molecule has 0 bridgehead atoms. The molecule has 4 nitrogen and oxygen atoms in total. The summed E-state index contributed by atoms with van der Waals surface area (Å²) in [6.45, 7) is -0.115. The lowest BCUT2D eigenvalue weighted by Crippen LogP contribution is -2.27. The van der Waals surface area contributed by atoms with Crippen molar-refractivity contribution in [3.05, 3.63) is 29.6 Å². The highest BCUT2D eigenvalue weighted by Crippen LogP contribution is 2.28. The van der Waals surface area contributed by atoms with Crippen molar-refractivity contribution in [1.82, 2.24) is 4.72 Å². The number of halogens is 1. The summed E-state index contributed by atoms with van der Waals surface area (Å²) in [5.41, 5.74) is -0.0122. The molecule has 1 fully saturated rings. The third kappa shape index (κ3) is 3.52. The summed E-state index contributed by atoms with van der Waals surface area (Å²) in [4.78, 5) is -0.00782. The van der Waals surface area contributed by atoms with Crippen molar-refractivity contribution in [1.29, 1.82) is 0 Å². The topological polar surface area (TPSA) is 66.4 Å². The van der Waals surface area contributed by atoms with Gasteiger partial charge < -0.3 is 5.11 Å². The Hall–Kier alpha value is -0.980. The Morgan fingerprint density at radius 2 is 2.11 bits per heavy atom. The molecule has 0 aliphatic heterocycles. The van der Waals surface area contributed by atoms with Gasteiger partial charge in [0, 0.05) is 12.1 Å². The van der Waals surface area contributed by atoms with E-state index in [1.54, 1.807) is 0 Å². The largest absolute Gasteiger partial charge is 0.392 e. The lowest BCUT2D eigenvalue weighted by molar-refractivity contribution is 0.275. The number of hydrogen-bond donors (Lipinski definition) is 2. The van der Waals surface area contributed by atoms with Gasteiger partial charge in [-0.3, -0.25) is 0 Å². The van der Waals surface area contributed by atoms with Crippen LogP contribution in [0.5, 0.6) is 0 Å². The van der Waals surface area contributed by atoms with Crippen molar-refractivity contribution >= 4 is 10.0 Å². The van der Waals surface area contributed by atoms with Gasteiger partial charge in [-0.2, -0.15) is 0 Å². The maximum Gasteiger partial charge on any atom is 0.240 e. The van der Waals surface area contributed by atoms with E-state index in [1.165, 1.54) is 31.4 Å². The van der Waals surface area contributed by atoms with Gasteiger partial charge in [-0.15, -0.1) is 0 Å². The molecule has 0 amide bonds. The second-order valence-electron chi connectivity index (χ2n) is 4.89. The first-order chi connectivity index (χ1) is 9.03. The summed E-state index contributed by atoms with van der Waals surface area (Å²) in [5.74, 6) is 0.0276. The summed E-state index contributed by atoms with van der Waals surface area (Å²) in [7, 11) is -3.62. The summed E-state index contributed by atoms with van der Waals surface area (Å²) in [6.07, 6.45) is 4.42. The molecule has 1 aliphatic rings. The average Bonchev–Trinajstić information content (AvgIpc) is 2.32. The Bertz CT molecular complexity index is 541. The Balaban J connectivity index is 2.01. The van der Waals surface area contributed by atoms with Gasteiger partial charge in [0.1, 0.15) is 5.82 Å². The monoisotopic (exact) mass is 287 g/mol. The second kappa shape index (κ2) is 5.98. The predicted octanol–water partition coefficient (Wildman–Crippen LogP) is 1.79. The lowest BCUT2D eigenvalue weighted by Gasteiger charge is -2.25. The van der Waals surface area contributed by atoms with Gasteiger partial charge in [0.05, 0.1) is 11.5 Å². The standard InChI is InChI=1S/C13H18FNO3S/c14-13-5-4-12(8-11(13)9-16)19(17,18)15-7-6-10-2-1-3-10/h4-5,8,10,15-16H,1-3,6-7,9H2. The first-order valence-electron chi connectivity index (χ1n) is 6.42. The molecule has 6 heteroatoms. The highest BCUT2D eigenvalue weighted by molar-refractivity contribution is 7.89. The van der Waals surface area contributed by atoms with Gasteiger partial charge in [0.25, 0.3) is 0 Å². The number of benzene rings is 1. The number of aliphatic hydroxyl groups excluding tert-OH is 1. The van der Waals surface area contributed by atoms with Crippen LogP contribution in [0, 0.1) is 11.7 Å². The van der Waals surface area contributed by atoms with E-state index < -0.39 is 22.4 Å². The molecule has 0 heterocycles. The fraction of sp³-hybridized carbons (Fsp3) is 0.538. The van der Waals surface area contributed by atoms with Crippen molar-refractivity contribution in [3.8, 4) is 0 Å². The molecule has 106 valence electrons. The molecular formula is C13H18FNO3S. The van der Waals surface area contributed by atoms with Crippen LogP contribution in [-0.4, -0.2) is 20.1 Å². The van der Waals surface area contributed by atoms with Gasteiger partial charge in [-0.25, -0.2) is 17.5 Å². The zero-order valence-electron chi connectivity index (χ0n) is 10.6. The molecule has 2 rings (SSSR count). The van der Waals surface area contributed by atoms with Crippen molar-refractivity contribution in [3.63, 3.8) is 0 Å². The van der Waals surface area contributed by atoms with Crippen molar-refractivity contribution in [2.24, 2.45) is 5.92 Å². The fourth-order valence-electron chi connectivity index (χ4n) is 2.10. The molecule has 0 unspecified atom stereocenters. The Morgan fingerprint density at radius 3 is 2.68 bits per heavy atom. The van der Waals surface area contributed by atoms with Crippen molar-refractivity contribution in [2.45, 2.75) is 37.2 Å². The summed E-state index contributed by atoms with van der Waals surface area (Å²) >= 11 is 0. The van der Waals surface area contributed by atoms with Crippen molar-refractivity contribution < 1.29 is 17.9 Å². The minimum absolute atomic E-state index is 0.00782. The molecule has 0 aromatic heterocycles. The molecular weight excluding hydrogens is 269 g/mol. The molecule has 0 atom stereocenters. The van der Waals surface area contributed by atoms with Crippen LogP contribution in [0.15, 0.2) is 23.1 Å². The van der Waals surface area contributed by atoms with E-state index in [0.717, 1.165) is 12.5 Å². The van der Waals surface area contributed by atoms with Crippen LogP contribution in [0.1, 0.15) is 31.2 Å². The van der Waals surface area contributed by atoms with Gasteiger partial charge in [0.15, 0.2) is 0 Å². The Morgan fingerprint density at radius 1 is 1.37 bits per heavy atom. The number of nitrogens with one attached hydrogen (secondary N) is 1. The van der Waals surface area contributed by atoms with E-state index in [9.17, 15) is 12.8 Å². The minimum atomic E-state index is -3.62. The van der Waals surface area contributed by atoms with Crippen molar-refractivity contribution in [2.75, 3.05) is 6.54 Å². The zero-order chi connectivity index (χ0) is 13.9. The highest BCUT2D eigenvalue weighted by Gasteiger charge is 2.19. The third-order valence-electron chi connectivity index (χ3n) is 3.57.